The second-order valence-corrected chi connectivity index (χ2v) is 5.81. The van der Waals surface area contributed by atoms with Gasteiger partial charge in [-0.25, -0.2) is 0 Å². The predicted molar refractivity (Wildman–Crippen MR) is 92.4 cm³/mol. The van der Waals surface area contributed by atoms with Gasteiger partial charge in [-0.1, -0.05) is 70.0 Å². The summed E-state index contributed by atoms with van der Waals surface area (Å²) in [6.07, 6.45) is 0. The van der Waals surface area contributed by atoms with Gasteiger partial charge >= 0.3 is 0 Å². The summed E-state index contributed by atoms with van der Waals surface area (Å²) in [4.78, 5) is 0. The van der Waals surface area contributed by atoms with Crippen LogP contribution in [0.5, 0.6) is 5.75 Å². The normalized spacial score (nSPS) is 10.8. The lowest BCUT2D eigenvalue weighted by atomic mass is 10.0. The first-order valence-electron chi connectivity index (χ1n) is 6.72. The highest BCUT2D eigenvalue weighted by Gasteiger charge is 2.08. The largest absolute Gasteiger partial charge is 0.489 e. The van der Waals surface area contributed by atoms with Crippen LogP contribution in [0.15, 0.2) is 60.7 Å². The SMILES string of the molecule is Clc1cccc(COc2ccc3ccccc3c2CBr)c1. The molecule has 0 aromatic heterocycles. The van der Waals surface area contributed by atoms with Crippen molar-refractivity contribution in [3.63, 3.8) is 0 Å². The summed E-state index contributed by atoms with van der Waals surface area (Å²) in [5.74, 6) is 0.908. The topological polar surface area (TPSA) is 9.23 Å². The smallest absolute Gasteiger partial charge is 0.124 e. The van der Waals surface area contributed by atoms with Crippen molar-refractivity contribution in [1.29, 1.82) is 0 Å². The Labute approximate surface area is 137 Å². The Morgan fingerprint density at radius 2 is 1.81 bits per heavy atom. The van der Waals surface area contributed by atoms with Gasteiger partial charge in [-0.05, 0) is 34.5 Å². The van der Waals surface area contributed by atoms with Gasteiger partial charge in [0, 0.05) is 15.9 Å². The Morgan fingerprint density at radius 1 is 0.952 bits per heavy atom. The van der Waals surface area contributed by atoms with Gasteiger partial charge in [0.1, 0.15) is 12.4 Å². The highest BCUT2D eigenvalue weighted by Crippen LogP contribution is 2.30. The van der Waals surface area contributed by atoms with Gasteiger partial charge in [-0.2, -0.15) is 0 Å². The Balaban J connectivity index is 1.90. The molecule has 3 aromatic carbocycles. The molecule has 0 spiro atoms. The van der Waals surface area contributed by atoms with Crippen molar-refractivity contribution in [2.24, 2.45) is 0 Å². The summed E-state index contributed by atoms with van der Waals surface area (Å²) in [6.45, 7) is 0.513. The van der Waals surface area contributed by atoms with E-state index in [2.05, 4.69) is 40.2 Å². The molecule has 0 aliphatic rings. The summed E-state index contributed by atoms with van der Waals surface area (Å²) in [6, 6.07) is 20.2. The molecular weight excluding hydrogens is 348 g/mol. The summed E-state index contributed by atoms with van der Waals surface area (Å²) >= 11 is 9.57. The van der Waals surface area contributed by atoms with Gasteiger partial charge in [0.2, 0.25) is 0 Å². The molecule has 1 nitrogen and oxygen atoms in total. The molecule has 0 heterocycles. The molecule has 106 valence electrons. The second kappa shape index (κ2) is 6.50. The fourth-order valence-corrected chi connectivity index (χ4v) is 3.17. The van der Waals surface area contributed by atoms with Gasteiger partial charge < -0.3 is 4.74 Å². The molecule has 0 radical (unpaired) electrons. The monoisotopic (exact) mass is 360 g/mol. The minimum Gasteiger partial charge on any atom is -0.489 e. The number of alkyl halides is 1. The third-order valence-electron chi connectivity index (χ3n) is 3.41. The average molecular weight is 362 g/mol. The van der Waals surface area contributed by atoms with Crippen molar-refractivity contribution in [3.05, 3.63) is 76.8 Å². The average Bonchev–Trinajstić information content (AvgIpc) is 2.52. The zero-order valence-electron chi connectivity index (χ0n) is 11.4. The number of ether oxygens (including phenoxy) is 1. The molecule has 3 aromatic rings. The van der Waals surface area contributed by atoms with Crippen LogP contribution in [0.4, 0.5) is 0 Å². The molecule has 0 amide bonds. The first-order valence-corrected chi connectivity index (χ1v) is 8.21. The molecule has 3 heteroatoms. The van der Waals surface area contributed by atoms with E-state index >= 15 is 0 Å². The van der Waals surface area contributed by atoms with Gasteiger partial charge in [-0.3, -0.25) is 0 Å². The van der Waals surface area contributed by atoms with Crippen LogP contribution in [-0.4, -0.2) is 0 Å². The van der Waals surface area contributed by atoms with E-state index in [9.17, 15) is 0 Å². The molecule has 21 heavy (non-hydrogen) atoms. The molecule has 0 atom stereocenters. The lowest BCUT2D eigenvalue weighted by Crippen LogP contribution is -1.98. The highest BCUT2D eigenvalue weighted by molar-refractivity contribution is 9.08. The molecule has 0 N–H and O–H groups in total. The minimum absolute atomic E-state index is 0.513. The lowest BCUT2D eigenvalue weighted by Gasteiger charge is -2.13. The van der Waals surface area contributed by atoms with Crippen LogP contribution >= 0.6 is 27.5 Å². The van der Waals surface area contributed by atoms with Crippen LogP contribution in [0.1, 0.15) is 11.1 Å². The number of hydrogen-bond donors (Lipinski definition) is 0. The third-order valence-corrected chi connectivity index (χ3v) is 4.21. The summed E-state index contributed by atoms with van der Waals surface area (Å²) < 4.78 is 5.99. The van der Waals surface area contributed by atoms with E-state index in [-0.39, 0.29) is 0 Å². The van der Waals surface area contributed by atoms with E-state index in [0.29, 0.717) is 6.61 Å². The minimum atomic E-state index is 0.513. The lowest BCUT2D eigenvalue weighted by molar-refractivity contribution is 0.304. The van der Waals surface area contributed by atoms with Gasteiger partial charge in [0.05, 0.1) is 0 Å². The van der Waals surface area contributed by atoms with Crippen molar-refractivity contribution in [3.8, 4) is 5.75 Å². The van der Waals surface area contributed by atoms with Crippen LogP contribution in [0, 0.1) is 0 Å². The molecule has 0 fully saturated rings. The molecule has 3 rings (SSSR count). The van der Waals surface area contributed by atoms with Crippen LogP contribution < -0.4 is 4.74 Å². The van der Waals surface area contributed by atoms with Crippen molar-refractivity contribution in [2.45, 2.75) is 11.9 Å². The predicted octanol–water partition coefficient (Wildman–Crippen LogP) is 5.97. The Bertz CT molecular complexity index is 770. The number of halogens is 2. The number of fused-ring (bicyclic) bond motifs is 1. The van der Waals surface area contributed by atoms with E-state index in [4.69, 9.17) is 16.3 Å². The third kappa shape index (κ3) is 3.22. The van der Waals surface area contributed by atoms with Crippen molar-refractivity contribution < 1.29 is 4.74 Å². The fourth-order valence-electron chi connectivity index (χ4n) is 2.38. The zero-order chi connectivity index (χ0) is 14.7. The maximum absolute atomic E-state index is 6.00. The number of rotatable bonds is 4. The summed E-state index contributed by atoms with van der Waals surface area (Å²) in [5, 5.41) is 3.94. The van der Waals surface area contributed by atoms with Crippen molar-refractivity contribution >= 4 is 38.3 Å². The summed E-state index contributed by atoms with van der Waals surface area (Å²) in [7, 11) is 0. The molecule has 0 aliphatic heterocycles. The quantitative estimate of drug-likeness (QED) is 0.520. The van der Waals surface area contributed by atoms with Crippen LogP contribution in [0.2, 0.25) is 5.02 Å². The van der Waals surface area contributed by atoms with Gasteiger partial charge in [0.25, 0.3) is 0 Å². The standard InChI is InChI=1S/C18H14BrClO/c19-11-17-16-7-2-1-5-14(16)8-9-18(17)21-12-13-4-3-6-15(20)10-13/h1-10H,11-12H2. The van der Waals surface area contributed by atoms with Gasteiger partial charge in [0.15, 0.2) is 0 Å². The maximum Gasteiger partial charge on any atom is 0.124 e. The first-order chi connectivity index (χ1) is 10.3. The van der Waals surface area contributed by atoms with E-state index < -0.39 is 0 Å². The molecule has 0 saturated carbocycles. The molecule has 0 aliphatic carbocycles. The Morgan fingerprint density at radius 3 is 2.62 bits per heavy atom. The second-order valence-electron chi connectivity index (χ2n) is 4.82. The van der Waals surface area contributed by atoms with E-state index in [0.717, 1.165) is 21.7 Å². The Kier molecular flexibility index (Phi) is 4.47. The van der Waals surface area contributed by atoms with Crippen molar-refractivity contribution in [2.75, 3.05) is 0 Å². The first kappa shape index (κ1) is 14.4. The van der Waals surface area contributed by atoms with Crippen molar-refractivity contribution in [1.82, 2.24) is 0 Å². The van der Waals surface area contributed by atoms with E-state index in [1.807, 2.05) is 36.4 Å². The van der Waals surface area contributed by atoms with Gasteiger partial charge in [-0.15, -0.1) is 0 Å². The number of hydrogen-bond acceptors (Lipinski definition) is 1. The Hall–Kier alpha value is -1.51. The molecule has 0 bridgehead atoms. The maximum atomic E-state index is 6.00. The summed E-state index contributed by atoms with van der Waals surface area (Å²) in [5.41, 5.74) is 2.24. The zero-order valence-corrected chi connectivity index (χ0v) is 13.7. The molecule has 0 saturated heterocycles. The highest BCUT2D eigenvalue weighted by atomic mass is 79.9. The van der Waals surface area contributed by atoms with E-state index in [1.54, 1.807) is 0 Å². The van der Waals surface area contributed by atoms with Crippen LogP contribution in [-0.2, 0) is 11.9 Å². The molecular formula is C18H14BrClO. The fraction of sp³-hybridized carbons (Fsp3) is 0.111. The number of benzene rings is 3. The molecule has 0 unspecified atom stereocenters. The van der Waals surface area contributed by atoms with Crippen LogP contribution in [0.3, 0.4) is 0 Å². The van der Waals surface area contributed by atoms with E-state index in [1.165, 1.54) is 16.3 Å². The van der Waals surface area contributed by atoms with Crippen LogP contribution in [0.25, 0.3) is 10.8 Å².